The van der Waals surface area contributed by atoms with Crippen molar-refractivity contribution in [2.45, 2.75) is 31.4 Å². The molecule has 1 spiro atoms. The molecule has 0 radical (unpaired) electrons. The maximum atomic E-state index is 12.7. The van der Waals surface area contributed by atoms with Crippen LogP contribution in [0.25, 0.3) is 11.3 Å². The molecule has 2 aliphatic rings. The zero-order chi connectivity index (χ0) is 24.4. The molecule has 0 bridgehead atoms. The Morgan fingerprint density at radius 3 is 2.63 bits per heavy atom. The van der Waals surface area contributed by atoms with Gasteiger partial charge in [0.1, 0.15) is 11.4 Å². The van der Waals surface area contributed by atoms with Gasteiger partial charge in [0.25, 0.3) is 0 Å². The Labute approximate surface area is 203 Å². The zero-order valence-corrected chi connectivity index (χ0v) is 19.6. The SMILES string of the molecule is COc1ccc(-c2[nH]ncc2CN2CCCC3(CC2)CN(c2ccc(C(=O)O)cc2)C(=O)O3)cc1. The normalized spacial score (nSPS) is 20.6. The fourth-order valence-electron chi connectivity index (χ4n) is 4.93. The van der Waals surface area contributed by atoms with Crippen LogP contribution in [0.1, 0.15) is 35.2 Å². The lowest BCUT2D eigenvalue weighted by Crippen LogP contribution is -2.36. The van der Waals surface area contributed by atoms with Gasteiger partial charge in [0.05, 0.1) is 31.1 Å². The Morgan fingerprint density at radius 1 is 1.14 bits per heavy atom. The molecule has 1 atom stereocenters. The summed E-state index contributed by atoms with van der Waals surface area (Å²) in [6, 6.07) is 14.2. The van der Waals surface area contributed by atoms with Crippen molar-refractivity contribution in [1.29, 1.82) is 0 Å². The summed E-state index contributed by atoms with van der Waals surface area (Å²) < 4.78 is 11.2. The number of hydrogen-bond donors (Lipinski definition) is 2. The van der Waals surface area contributed by atoms with Crippen LogP contribution in [0.15, 0.2) is 54.7 Å². The van der Waals surface area contributed by atoms with Crippen LogP contribution in [0.5, 0.6) is 5.75 Å². The summed E-state index contributed by atoms with van der Waals surface area (Å²) in [6.07, 6.45) is 3.93. The van der Waals surface area contributed by atoms with Crippen LogP contribution < -0.4 is 9.64 Å². The molecule has 35 heavy (non-hydrogen) atoms. The molecule has 0 aliphatic carbocycles. The van der Waals surface area contributed by atoms with Gasteiger partial charge in [-0.3, -0.25) is 14.9 Å². The molecule has 5 rings (SSSR count). The lowest BCUT2D eigenvalue weighted by molar-refractivity contribution is 0.0443. The Morgan fingerprint density at radius 2 is 1.91 bits per heavy atom. The molecular formula is C26H28N4O5. The van der Waals surface area contributed by atoms with Gasteiger partial charge >= 0.3 is 12.1 Å². The van der Waals surface area contributed by atoms with E-state index in [2.05, 4.69) is 15.1 Å². The third-order valence-corrected chi connectivity index (χ3v) is 6.88. The molecule has 9 nitrogen and oxygen atoms in total. The first-order valence-electron chi connectivity index (χ1n) is 11.7. The molecule has 2 N–H and O–H groups in total. The number of aromatic carboxylic acids is 1. The monoisotopic (exact) mass is 476 g/mol. The lowest BCUT2D eigenvalue weighted by atomic mass is 9.94. The average molecular weight is 477 g/mol. The molecule has 2 saturated heterocycles. The fourth-order valence-corrected chi connectivity index (χ4v) is 4.93. The van der Waals surface area contributed by atoms with Crippen molar-refractivity contribution in [1.82, 2.24) is 15.1 Å². The van der Waals surface area contributed by atoms with E-state index in [4.69, 9.17) is 14.6 Å². The number of H-pyrrole nitrogens is 1. The second kappa shape index (κ2) is 9.42. The summed E-state index contributed by atoms with van der Waals surface area (Å²) in [4.78, 5) is 27.8. The number of amides is 1. The number of carbonyl (C=O) groups is 2. The maximum absolute atomic E-state index is 12.7. The van der Waals surface area contributed by atoms with Crippen molar-refractivity contribution in [3.63, 3.8) is 0 Å². The predicted molar refractivity (Wildman–Crippen MR) is 130 cm³/mol. The summed E-state index contributed by atoms with van der Waals surface area (Å²) in [5.74, 6) is -0.181. The molecule has 0 saturated carbocycles. The summed E-state index contributed by atoms with van der Waals surface area (Å²) in [5, 5.41) is 16.5. The number of carboxylic acid groups (broad SMARTS) is 1. The highest BCUT2D eigenvalue weighted by Gasteiger charge is 2.46. The second-order valence-corrected chi connectivity index (χ2v) is 9.12. The lowest BCUT2D eigenvalue weighted by Gasteiger charge is -2.25. The number of benzene rings is 2. The largest absolute Gasteiger partial charge is 0.497 e. The van der Waals surface area contributed by atoms with Crippen molar-refractivity contribution >= 4 is 17.7 Å². The zero-order valence-electron chi connectivity index (χ0n) is 19.6. The molecule has 2 fully saturated rings. The molecule has 1 unspecified atom stereocenters. The van der Waals surface area contributed by atoms with E-state index in [0.717, 1.165) is 61.5 Å². The van der Waals surface area contributed by atoms with E-state index in [1.165, 1.54) is 12.1 Å². The second-order valence-electron chi connectivity index (χ2n) is 9.12. The van der Waals surface area contributed by atoms with E-state index in [9.17, 15) is 9.59 Å². The van der Waals surface area contributed by atoms with Crippen LogP contribution in [0.3, 0.4) is 0 Å². The number of nitrogens with zero attached hydrogens (tertiary/aromatic N) is 3. The van der Waals surface area contributed by atoms with Crippen LogP contribution in [0.4, 0.5) is 10.5 Å². The quantitative estimate of drug-likeness (QED) is 0.550. The Hall–Kier alpha value is -3.85. The van der Waals surface area contributed by atoms with E-state index < -0.39 is 11.6 Å². The number of anilines is 1. The first-order valence-corrected chi connectivity index (χ1v) is 11.7. The van der Waals surface area contributed by atoms with Crippen LogP contribution in [-0.2, 0) is 11.3 Å². The van der Waals surface area contributed by atoms with Crippen molar-refractivity contribution in [2.75, 3.05) is 31.6 Å². The van der Waals surface area contributed by atoms with E-state index in [1.807, 2.05) is 30.5 Å². The van der Waals surface area contributed by atoms with Crippen molar-refractivity contribution in [3.8, 4) is 17.0 Å². The number of aromatic amines is 1. The number of carboxylic acids is 1. The first-order chi connectivity index (χ1) is 17.0. The molecule has 1 aromatic heterocycles. The minimum absolute atomic E-state index is 0.189. The van der Waals surface area contributed by atoms with Crippen molar-refractivity contribution in [3.05, 3.63) is 65.9 Å². The van der Waals surface area contributed by atoms with Gasteiger partial charge in [-0.1, -0.05) is 0 Å². The Kier molecular flexibility index (Phi) is 6.17. The third-order valence-electron chi connectivity index (χ3n) is 6.88. The maximum Gasteiger partial charge on any atom is 0.415 e. The number of nitrogens with one attached hydrogen (secondary N) is 1. The molecular weight excluding hydrogens is 448 g/mol. The van der Waals surface area contributed by atoms with Gasteiger partial charge in [0.15, 0.2) is 0 Å². The highest BCUT2D eigenvalue weighted by atomic mass is 16.6. The standard InChI is InChI=1S/C26H28N4O5/c1-34-22-9-5-18(6-10-22)23-20(15-27-28-23)16-29-13-2-11-26(12-14-29)17-30(25(33)35-26)21-7-3-19(4-8-21)24(31)32/h3-10,15H,2,11-14,16-17H2,1H3,(H,27,28)(H,31,32). The highest BCUT2D eigenvalue weighted by Crippen LogP contribution is 2.36. The minimum Gasteiger partial charge on any atom is -0.497 e. The van der Waals surface area contributed by atoms with Gasteiger partial charge in [-0.2, -0.15) is 5.10 Å². The Bertz CT molecular complexity index is 1210. The smallest absolute Gasteiger partial charge is 0.415 e. The van der Waals surface area contributed by atoms with E-state index in [1.54, 1.807) is 24.1 Å². The predicted octanol–water partition coefficient (Wildman–Crippen LogP) is 4.17. The van der Waals surface area contributed by atoms with Crippen LogP contribution >= 0.6 is 0 Å². The minimum atomic E-state index is -0.992. The van der Waals surface area contributed by atoms with E-state index >= 15 is 0 Å². The van der Waals surface area contributed by atoms with Crippen molar-refractivity contribution < 1.29 is 24.2 Å². The fraction of sp³-hybridized carbons (Fsp3) is 0.346. The first kappa shape index (κ1) is 22.9. The van der Waals surface area contributed by atoms with Gasteiger partial charge in [0, 0.05) is 36.3 Å². The number of rotatable bonds is 6. The number of methoxy groups -OCH3 is 1. The van der Waals surface area contributed by atoms with Crippen LogP contribution in [-0.4, -0.2) is 64.6 Å². The number of ether oxygens (including phenoxy) is 2. The van der Waals surface area contributed by atoms with Gasteiger partial charge in [-0.15, -0.1) is 0 Å². The summed E-state index contributed by atoms with van der Waals surface area (Å²) in [5.41, 5.74) is 3.48. The van der Waals surface area contributed by atoms with E-state index in [0.29, 0.717) is 12.2 Å². The van der Waals surface area contributed by atoms with Crippen LogP contribution in [0.2, 0.25) is 0 Å². The van der Waals surface area contributed by atoms with Gasteiger partial charge in [0.2, 0.25) is 0 Å². The summed E-state index contributed by atoms with van der Waals surface area (Å²) in [6.45, 7) is 2.92. The highest BCUT2D eigenvalue weighted by molar-refractivity contribution is 5.92. The molecule has 182 valence electrons. The molecule has 3 aromatic rings. The molecule has 2 aromatic carbocycles. The molecule has 3 heterocycles. The number of likely N-dealkylation sites (tertiary alicyclic amines) is 1. The molecule has 1 amide bonds. The number of carbonyl (C=O) groups excluding carboxylic acids is 1. The Balaban J connectivity index is 1.25. The summed E-state index contributed by atoms with van der Waals surface area (Å²) in [7, 11) is 1.65. The number of aromatic nitrogens is 2. The van der Waals surface area contributed by atoms with E-state index in [-0.39, 0.29) is 11.7 Å². The van der Waals surface area contributed by atoms with Gasteiger partial charge < -0.3 is 14.6 Å². The third kappa shape index (κ3) is 4.72. The van der Waals surface area contributed by atoms with Gasteiger partial charge in [-0.25, -0.2) is 9.59 Å². The summed E-state index contributed by atoms with van der Waals surface area (Å²) >= 11 is 0. The van der Waals surface area contributed by atoms with Gasteiger partial charge in [-0.05, 0) is 67.9 Å². The van der Waals surface area contributed by atoms with Crippen LogP contribution in [0, 0.1) is 0 Å². The topological polar surface area (TPSA) is 108 Å². The molecule has 2 aliphatic heterocycles. The molecule has 9 heteroatoms. The average Bonchev–Trinajstić information content (AvgIpc) is 3.40. The number of hydrogen-bond acceptors (Lipinski definition) is 6. The van der Waals surface area contributed by atoms with Crippen molar-refractivity contribution in [2.24, 2.45) is 0 Å².